The predicted octanol–water partition coefficient (Wildman–Crippen LogP) is 1.90. The lowest BCUT2D eigenvalue weighted by Crippen LogP contribution is -2.22. The van der Waals surface area contributed by atoms with Gasteiger partial charge in [-0.3, -0.25) is 4.72 Å². The van der Waals surface area contributed by atoms with Crippen LogP contribution in [0.5, 0.6) is 0 Å². The Morgan fingerprint density at radius 2 is 1.77 bits per heavy atom. The Morgan fingerprint density at radius 3 is 2.46 bits per heavy atom. The van der Waals surface area contributed by atoms with Gasteiger partial charge in [0, 0.05) is 17.3 Å². The molecule has 0 fully saturated rings. The van der Waals surface area contributed by atoms with Crippen LogP contribution in [0.1, 0.15) is 6.92 Å². The third kappa shape index (κ3) is 3.67. The molecular formula is C17H18N6O2S. The molecule has 0 saturated heterocycles. The number of nitrogens with one attached hydrogen (secondary N) is 1. The van der Waals surface area contributed by atoms with Gasteiger partial charge in [-0.1, -0.05) is 18.2 Å². The van der Waals surface area contributed by atoms with Gasteiger partial charge in [0.15, 0.2) is 0 Å². The van der Waals surface area contributed by atoms with Crippen LogP contribution in [0.15, 0.2) is 75.9 Å². The lowest BCUT2D eigenvalue weighted by atomic mass is 10.2. The molecule has 0 spiro atoms. The number of rotatable bonds is 4. The second-order valence-electron chi connectivity index (χ2n) is 5.55. The van der Waals surface area contributed by atoms with Crippen LogP contribution in [0.2, 0.25) is 0 Å². The van der Waals surface area contributed by atoms with Crippen molar-refractivity contribution in [3.63, 3.8) is 0 Å². The van der Waals surface area contributed by atoms with Crippen LogP contribution >= 0.6 is 0 Å². The van der Waals surface area contributed by atoms with Crippen molar-refractivity contribution in [3.8, 4) is 0 Å². The van der Waals surface area contributed by atoms with Gasteiger partial charge in [0.05, 0.1) is 10.4 Å². The molecule has 3 aromatic rings. The molecule has 0 amide bonds. The average Bonchev–Trinajstić information content (AvgIpc) is 3.03. The number of fused-ring (bicyclic) bond motifs is 1. The number of anilines is 1. The van der Waals surface area contributed by atoms with E-state index < -0.39 is 10.0 Å². The number of sulfonamides is 1. The normalized spacial score (nSPS) is 12.1. The van der Waals surface area contributed by atoms with Crippen molar-refractivity contribution < 1.29 is 8.42 Å². The summed E-state index contributed by atoms with van der Waals surface area (Å²) in [6.07, 6.45) is 1.81. The molecule has 1 aromatic heterocycles. The fraction of sp³-hybridized carbons (Fsp3) is 0.0588. The van der Waals surface area contributed by atoms with E-state index in [0.717, 1.165) is 10.9 Å². The number of benzene rings is 2. The molecule has 2 aromatic carbocycles. The van der Waals surface area contributed by atoms with E-state index in [2.05, 4.69) is 14.9 Å². The highest BCUT2D eigenvalue weighted by Gasteiger charge is 2.14. The van der Waals surface area contributed by atoms with Gasteiger partial charge < -0.3 is 16.0 Å². The van der Waals surface area contributed by atoms with Crippen LogP contribution in [0.4, 0.5) is 5.69 Å². The highest BCUT2D eigenvalue weighted by atomic mass is 32.2. The van der Waals surface area contributed by atoms with E-state index in [4.69, 9.17) is 11.5 Å². The summed E-state index contributed by atoms with van der Waals surface area (Å²) >= 11 is 0. The fourth-order valence-electron chi connectivity index (χ4n) is 2.48. The van der Waals surface area contributed by atoms with Crippen LogP contribution in [-0.2, 0) is 10.0 Å². The first-order chi connectivity index (χ1) is 12.4. The molecule has 9 heteroatoms. The number of nitrogens with zero attached hydrogens (tertiary/aromatic N) is 3. The first-order valence-corrected chi connectivity index (χ1v) is 9.18. The summed E-state index contributed by atoms with van der Waals surface area (Å²) in [5, 5.41) is 8.42. The zero-order chi connectivity index (χ0) is 18.7. The second kappa shape index (κ2) is 6.89. The first-order valence-electron chi connectivity index (χ1n) is 7.69. The Kier molecular flexibility index (Phi) is 4.63. The third-order valence-corrected chi connectivity index (χ3v) is 5.05. The van der Waals surface area contributed by atoms with Gasteiger partial charge in [-0.25, -0.2) is 8.42 Å². The quantitative estimate of drug-likeness (QED) is 0.368. The molecule has 0 atom stereocenters. The molecule has 0 aliphatic heterocycles. The van der Waals surface area contributed by atoms with Crippen LogP contribution in [0.25, 0.3) is 10.9 Å². The van der Waals surface area contributed by atoms with Crippen molar-refractivity contribution in [1.82, 2.24) is 4.57 Å². The van der Waals surface area contributed by atoms with E-state index in [-0.39, 0.29) is 10.9 Å². The number of hydrogen-bond acceptors (Lipinski definition) is 4. The van der Waals surface area contributed by atoms with Crippen LogP contribution in [0, 0.1) is 0 Å². The molecule has 0 saturated carbocycles. The summed E-state index contributed by atoms with van der Waals surface area (Å²) in [6.45, 7) is 1.76. The minimum atomic E-state index is -3.64. The van der Waals surface area contributed by atoms with Gasteiger partial charge in [0.25, 0.3) is 10.0 Å². The van der Waals surface area contributed by atoms with Crippen LogP contribution in [-0.4, -0.2) is 24.8 Å². The Bertz CT molecular complexity index is 1100. The monoisotopic (exact) mass is 370 g/mol. The summed E-state index contributed by atoms with van der Waals surface area (Å²) < 4.78 is 29.2. The molecule has 0 aliphatic rings. The molecule has 0 aliphatic carbocycles. The summed E-state index contributed by atoms with van der Waals surface area (Å²) in [7, 11) is -3.64. The fourth-order valence-corrected chi connectivity index (χ4v) is 3.55. The van der Waals surface area contributed by atoms with E-state index in [1.807, 2.05) is 6.07 Å². The van der Waals surface area contributed by atoms with Gasteiger partial charge in [0.1, 0.15) is 5.84 Å². The van der Waals surface area contributed by atoms with Crippen molar-refractivity contribution in [1.29, 1.82) is 0 Å². The van der Waals surface area contributed by atoms with E-state index in [1.54, 1.807) is 66.2 Å². The van der Waals surface area contributed by atoms with Gasteiger partial charge in [-0.2, -0.15) is 0 Å². The smallest absolute Gasteiger partial charge is 0.261 e. The van der Waals surface area contributed by atoms with Crippen molar-refractivity contribution >= 4 is 38.4 Å². The second-order valence-corrected chi connectivity index (χ2v) is 7.23. The van der Waals surface area contributed by atoms with Crippen molar-refractivity contribution in [2.75, 3.05) is 4.72 Å². The third-order valence-electron chi connectivity index (χ3n) is 3.65. The molecule has 0 radical (unpaired) electrons. The van der Waals surface area contributed by atoms with Crippen LogP contribution in [0.3, 0.4) is 0 Å². The minimum absolute atomic E-state index is 0.126. The maximum atomic E-state index is 12.4. The summed E-state index contributed by atoms with van der Waals surface area (Å²) in [6, 6.07) is 15.3. The molecule has 1 heterocycles. The SMILES string of the molecule is CC(=NN=C(N)N)n1ccc2cc(NS(=O)(=O)c3ccccc3)ccc21. The number of aromatic nitrogens is 1. The molecular weight excluding hydrogens is 352 g/mol. The van der Waals surface area contributed by atoms with Gasteiger partial charge in [0.2, 0.25) is 5.96 Å². The molecule has 0 unspecified atom stereocenters. The average molecular weight is 370 g/mol. The lowest BCUT2D eigenvalue weighted by Gasteiger charge is -2.09. The highest BCUT2D eigenvalue weighted by Crippen LogP contribution is 2.23. The van der Waals surface area contributed by atoms with E-state index in [0.29, 0.717) is 11.5 Å². The van der Waals surface area contributed by atoms with Crippen molar-refractivity contribution in [2.24, 2.45) is 21.7 Å². The largest absolute Gasteiger partial charge is 0.369 e. The molecule has 134 valence electrons. The van der Waals surface area contributed by atoms with Gasteiger partial charge in [-0.15, -0.1) is 10.2 Å². The zero-order valence-corrected chi connectivity index (χ0v) is 14.8. The van der Waals surface area contributed by atoms with Crippen LogP contribution < -0.4 is 16.2 Å². The molecule has 0 bridgehead atoms. The maximum Gasteiger partial charge on any atom is 0.261 e. The topological polar surface area (TPSA) is 128 Å². The Balaban J connectivity index is 1.92. The maximum absolute atomic E-state index is 12.4. The molecule has 5 N–H and O–H groups in total. The Hall–Kier alpha value is -3.33. The van der Waals surface area contributed by atoms with Gasteiger partial charge in [-0.05, 0) is 43.3 Å². The number of nitrogens with two attached hydrogens (primary N) is 2. The van der Waals surface area contributed by atoms with E-state index >= 15 is 0 Å². The summed E-state index contributed by atoms with van der Waals surface area (Å²) in [4.78, 5) is 0.206. The van der Waals surface area contributed by atoms with Crippen molar-refractivity contribution in [2.45, 2.75) is 11.8 Å². The standard InChI is InChI=1S/C17H18N6O2S/c1-12(20-21-17(18)19)23-10-9-13-11-14(7-8-16(13)23)22-26(24,25)15-5-3-2-4-6-15/h2-11,22H,1H3,(H4,18,19,21). The number of guanidine groups is 1. The molecule has 8 nitrogen and oxygen atoms in total. The van der Waals surface area contributed by atoms with E-state index in [9.17, 15) is 8.42 Å². The van der Waals surface area contributed by atoms with E-state index in [1.165, 1.54) is 0 Å². The lowest BCUT2D eigenvalue weighted by molar-refractivity contribution is 0.601. The number of hydrogen-bond donors (Lipinski definition) is 3. The minimum Gasteiger partial charge on any atom is -0.369 e. The highest BCUT2D eigenvalue weighted by molar-refractivity contribution is 7.92. The summed E-state index contributed by atoms with van der Waals surface area (Å²) in [5.74, 6) is 0.449. The Morgan fingerprint density at radius 1 is 1.04 bits per heavy atom. The first kappa shape index (κ1) is 17.5. The Labute approximate surface area is 150 Å². The van der Waals surface area contributed by atoms with Gasteiger partial charge >= 0.3 is 0 Å². The molecule has 26 heavy (non-hydrogen) atoms. The zero-order valence-electron chi connectivity index (χ0n) is 14.0. The molecule has 3 rings (SSSR count). The predicted molar refractivity (Wildman–Crippen MR) is 104 cm³/mol. The summed E-state index contributed by atoms with van der Waals surface area (Å²) in [5.41, 5.74) is 11.9. The van der Waals surface area contributed by atoms with Crippen molar-refractivity contribution in [3.05, 3.63) is 60.8 Å².